The maximum absolute atomic E-state index is 11.6. The van der Waals surface area contributed by atoms with Gasteiger partial charge in [0.15, 0.2) is 0 Å². The molecule has 5 N–H and O–H groups in total. The van der Waals surface area contributed by atoms with Crippen molar-refractivity contribution in [3.63, 3.8) is 0 Å². The number of hydrogen-bond acceptors (Lipinski definition) is 4. The minimum Gasteiger partial charge on any atom is -0.391 e. The van der Waals surface area contributed by atoms with Gasteiger partial charge in [0.2, 0.25) is 11.8 Å². The molecule has 0 radical (unpaired) electrons. The van der Waals surface area contributed by atoms with E-state index in [9.17, 15) is 14.7 Å². The van der Waals surface area contributed by atoms with Gasteiger partial charge in [-0.1, -0.05) is 0 Å². The summed E-state index contributed by atoms with van der Waals surface area (Å²) in [5, 5.41) is 9.37. The number of carbonyl (C=O) groups excluding carboxylic acids is 2. The van der Waals surface area contributed by atoms with Gasteiger partial charge in [0, 0.05) is 19.4 Å². The molecular weight excluding hydrogens is 198 g/mol. The fourth-order valence-corrected chi connectivity index (χ4v) is 1.76. The molecule has 1 aliphatic heterocycles. The zero-order valence-electron chi connectivity index (χ0n) is 8.56. The Bertz CT molecular complexity index is 257. The number of aliphatic hydroxyl groups is 1. The number of rotatable bonds is 4. The van der Waals surface area contributed by atoms with Crippen LogP contribution in [-0.4, -0.2) is 47.1 Å². The van der Waals surface area contributed by atoms with E-state index in [0.29, 0.717) is 19.4 Å². The Labute approximate surface area is 88.2 Å². The molecule has 1 aliphatic rings. The third-order valence-electron chi connectivity index (χ3n) is 2.52. The van der Waals surface area contributed by atoms with Crippen LogP contribution in [0.3, 0.4) is 0 Å². The van der Waals surface area contributed by atoms with Crippen LogP contribution in [0.1, 0.15) is 19.3 Å². The van der Waals surface area contributed by atoms with Gasteiger partial charge in [0.05, 0.1) is 6.10 Å². The van der Waals surface area contributed by atoms with Crippen molar-refractivity contribution >= 4 is 11.8 Å². The highest BCUT2D eigenvalue weighted by atomic mass is 16.3. The summed E-state index contributed by atoms with van der Waals surface area (Å²) in [6.07, 6.45) is 0.470. The Kier molecular flexibility index (Phi) is 4.05. The molecule has 0 aromatic carbocycles. The first-order chi connectivity index (χ1) is 7.06. The first-order valence-corrected chi connectivity index (χ1v) is 5.03. The van der Waals surface area contributed by atoms with Gasteiger partial charge in [-0.3, -0.25) is 9.59 Å². The number of hydrogen-bond donors (Lipinski definition) is 3. The van der Waals surface area contributed by atoms with E-state index in [1.807, 2.05) is 0 Å². The Morgan fingerprint density at radius 3 is 2.67 bits per heavy atom. The minimum atomic E-state index is -0.662. The average molecular weight is 215 g/mol. The van der Waals surface area contributed by atoms with E-state index in [0.717, 1.165) is 0 Å². The minimum absolute atomic E-state index is 0.166. The molecule has 15 heavy (non-hydrogen) atoms. The summed E-state index contributed by atoms with van der Waals surface area (Å²) < 4.78 is 0. The molecule has 1 rings (SSSR count). The van der Waals surface area contributed by atoms with Gasteiger partial charge in [-0.05, 0) is 13.0 Å². The molecule has 2 atom stereocenters. The quantitative estimate of drug-likeness (QED) is 0.512. The lowest BCUT2D eigenvalue weighted by Crippen LogP contribution is -2.43. The second-order valence-electron chi connectivity index (χ2n) is 3.75. The Morgan fingerprint density at radius 1 is 1.47 bits per heavy atom. The van der Waals surface area contributed by atoms with Gasteiger partial charge >= 0.3 is 0 Å². The van der Waals surface area contributed by atoms with Gasteiger partial charge in [0.25, 0.3) is 0 Å². The second kappa shape index (κ2) is 5.09. The van der Waals surface area contributed by atoms with E-state index in [1.54, 1.807) is 0 Å². The molecule has 0 aromatic rings. The second-order valence-corrected chi connectivity index (χ2v) is 3.75. The summed E-state index contributed by atoms with van der Waals surface area (Å²) in [4.78, 5) is 24.0. The van der Waals surface area contributed by atoms with Crippen LogP contribution in [0.25, 0.3) is 0 Å². The number of primary amides is 1. The lowest BCUT2D eigenvalue weighted by Gasteiger charge is -2.21. The Balaban J connectivity index is 2.58. The maximum atomic E-state index is 11.6. The highest BCUT2D eigenvalue weighted by Gasteiger charge is 2.37. The largest absolute Gasteiger partial charge is 0.391 e. The molecule has 2 unspecified atom stereocenters. The van der Waals surface area contributed by atoms with Crippen LogP contribution < -0.4 is 11.5 Å². The number of nitrogens with zero attached hydrogens (tertiary/aromatic N) is 1. The fraction of sp³-hybridized carbons (Fsp3) is 0.778. The zero-order valence-corrected chi connectivity index (χ0v) is 8.56. The van der Waals surface area contributed by atoms with Crippen LogP contribution in [0, 0.1) is 0 Å². The first-order valence-electron chi connectivity index (χ1n) is 5.03. The highest BCUT2D eigenvalue weighted by Crippen LogP contribution is 2.18. The van der Waals surface area contributed by atoms with Crippen LogP contribution >= 0.6 is 0 Å². The predicted octanol–water partition coefficient (Wildman–Crippen LogP) is -1.83. The van der Waals surface area contributed by atoms with Crippen molar-refractivity contribution in [1.82, 2.24) is 4.90 Å². The predicted molar refractivity (Wildman–Crippen MR) is 53.6 cm³/mol. The van der Waals surface area contributed by atoms with Crippen LogP contribution in [0.15, 0.2) is 0 Å². The van der Waals surface area contributed by atoms with Gasteiger partial charge in [0.1, 0.15) is 6.04 Å². The van der Waals surface area contributed by atoms with Gasteiger partial charge in [-0.15, -0.1) is 0 Å². The van der Waals surface area contributed by atoms with E-state index < -0.39 is 18.1 Å². The molecule has 1 fully saturated rings. The van der Waals surface area contributed by atoms with Gasteiger partial charge < -0.3 is 21.5 Å². The lowest BCUT2D eigenvalue weighted by atomic mass is 10.2. The molecule has 0 spiro atoms. The summed E-state index contributed by atoms with van der Waals surface area (Å²) in [7, 11) is 0. The number of aliphatic hydroxyl groups excluding tert-OH is 1. The highest BCUT2D eigenvalue weighted by molar-refractivity contribution is 5.87. The molecule has 6 heteroatoms. The molecule has 0 saturated carbocycles. The van der Waals surface area contributed by atoms with E-state index in [1.165, 1.54) is 4.90 Å². The smallest absolute Gasteiger partial charge is 0.240 e. The number of amides is 2. The van der Waals surface area contributed by atoms with Crippen molar-refractivity contribution in [3.8, 4) is 0 Å². The summed E-state index contributed by atoms with van der Waals surface area (Å²) in [5.41, 5.74) is 10.4. The standard InChI is InChI=1S/C9H17N3O3/c10-3-1-2-8(14)12-5-6(13)4-7(12)9(11)15/h6-7,13H,1-5,10H2,(H2,11,15). The molecule has 0 aromatic heterocycles. The van der Waals surface area contributed by atoms with Crippen molar-refractivity contribution < 1.29 is 14.7 Å². The first kappa shape index (κ1) is 11.9. The topological polar surface area (TPSA) is 110 Å². The third-order valence-corrected chi connectivity index (χ3v) is 2.52. The molecule has 86 valence electrons. The van der Waals surface area contributed by atoms with Crippen LogP contribution in [0.5, 0.6) is 0 Å². The molecule has 0 bridgehead atoms. The molecule has 2 amide bonds. The van der Waals surface area contributed by atoms with Crippen LogP contribution in [0.2, 0.25) is 0 Å². The van der Waals surface area contributed by atoms with Gasteiger partial charge in [-0.2, -0.15) is 0 Å². The van der Waals surface area contributed by atoms with Crippen molar-refractivity contribution in [1.29, 1.82) is 0 Å². The Morgan fingerprint density at radius 2 is 2.13 bits per heavy atom. The summed E-state index contributed by atoms with van der Waals surface area (Å²) in [6, 6.07) is -0.662. The zero-order chi connectivity index (χ0) is 11.4. The normalized spacial score (nSPS) is 25.6. The van der Waals surface area contributed by atoms with E-state index in [-0.39, 0.29) is 18.9 Å². The molecule has 1 saturated heterocycles. The number of carbonyl (C=O) groups is 2. The lowest BCUT2D eigenvalue weighted by molar-refractivity contribution is -0.137. The molecule has 0 aliphatic carbocycles. The van der Waals surface area contributed by atoms with Crippen molar-refractivity contribution in [2.45, 2.75) is 31.4 Å². The molecular formula is C9H17N3O3. The summed E-state index contributed by atoms with van der Waals surface area (Å²) >= 11 is 0. The SMILES string of the molecule is NCCCC(=O)N1CC(O)CC1C(N)=O. The monoisotopic (exact) mass is 215 g/mol. The Hall–Kier alpha value is -1.14. The van der Waals surface area contributed by atoms with E-state index >= 15 is 0 Å². The summed E-state index contributed by atoms with van der Waals surface area (Å²) in [6.45, 7) is 0.625. The number of nitrogens with two attached hydrogens (primary N) is 2. The number of β-amino-alcohol motifs (C(OH)–C–C–N with tert-alkyl or cyclic N) is 1. The van der Waals surface area contributed by atoms with Crippen molar-refractivity contribution in [2.24, 2.45) is 11.5 Å². The van der Waals surface area contributed by atoms with Crippen molar-refractivity contribution in [3.05, 3.63) is 0 Å². The van der Waals surface area contributed by atoms with E-state index in [2.05, 4.69) is 0 Å². The van der Waals surface area contributed by atoms with Crippen LogP contribution in [-0.2, 0) is 9.59 Å². The molecule has 6 nitrogen and oxygen atoms in total. The third kappa shape index (κ3) is 2.90. The van der Waals surface area contributed by atoms with E-state index in [4.69, 9.17) is 11.5 Å². The summed E-state index contributed by atoms with van der Waals surface area (Å²) in [5.74, 6) is -0.728. The van der Waals surface area contributed by atoms with Gasteiger partial charge in [-0.25, -0.2) is 0 Å². The van der Waals surface area contributed by atoms with Crippen molar-refractivity contribution in [2.75, 3.05) is 13.1 Å². The van der Waals surface area contributed by atoms with Crippen LogP contribution in [0.4, 0.5) is 0 Å². The number of likely N-dealkylation sites (tertiary alicyclic amines) is 1. The fourth-order valence-electron chi connectivity index (χ4n) is 1.76. The average Bonchev–Trinajstić information content (AvgIpc) is 2.57. The maximum Gasteiger partial charge on any atom is 0.240 e. The molecule has 1 heterocycles.